The highest BCUT2D eigenvalue weighted by molar-refractivity contribution is 9.09. The molecule has 8 heteroatoms. The van der Waals surface area contributed by atoms with Gasteiger partial charge in [0.15, 0.2) is 5.06 Å². The Bertz CT molecular complexity index is 496. The fourth-order valence-corrected chi connectivity index (χ4v) is 4.00. The van der Waals surface area contributed by atoms with Gasteiger partial charge in [0.05, 0.1) is 23.8 Å². The lowest BCUT2D eigenvalue weighted by Gasteiger charge is -2.62. The predicted octanol–water partition coefficient (Wildman–Crippen LogP) is 1.89. The van der Waals surface area contributed by atoms with Crippen molar-refractivity contribution in [3.63, 3.8) is 0 Å². The van der Waals surface area contributed by atoms with Crippen molar-refractivity contribution in [1.29, 1.82) is 0 Å². The smallest absolute Gasteiger partial charge is 0.335 e. The number of rotatable bonds is 4. The van der Waals surface area contributed by atoms with Crippen LogP contribution in [0.3, 0.4) is 0 Å². The van der Waals surface area contributed by atoms with Crippen molar-refractivity contribution in [1.82, 2.24) is 5.06 Å². The molecule has 0 aromatic rings. The van der Waals surface area contributed by atoms with E-state index in [0.717, 1.165) is 15.7 Å². The predicted molar refractivity (Wildman–Crippen MR) is 81.7 cm³/mol. The number of carbonyl (C=O) groups excluding carboxylic acids is 1. The van der Waals surface area contributed by atoms with E-state index >= 15 is 0 Å². The van der Waals surface area contributed by atoms with Crippen molar-refractivity contribution in [2.24, 2.45) is 4.99 Å². The highest BCUT2D eigenvalue weighted by Gasteiger charge is 2.63. The van der Waals surface area contributed by atoms with Crippen molar-refractivity contribution < 1.29 is 14.3 Å². The van der Waals surface area contributed by atoms with Crippen molar-refractivity contribution in [2.45, 2.75) is 31.0 Å². The zero-order valence-corrected chi connectivity index (χ0v) is 14.1. The molecule has 1 saturated heterocycles. The van der Waals surface area contributed by atoms with E-state index in [0.29, 0.717) is 10.9 Å². The van der Waals surface area contributed by atoms with Gasteiger partial charge in [-0.2, -0.15) is 0 Å². The van der Waals surface area contributed by atoms with E-state index in [4.69, 9.17) is 9.47 Å². The van der Waals surface area contributed by atoms with Crippen LogP contribution in [0.15, 0.2) is 16.1 Å². The van der Waals surface area contributed by atoms with Crippen LogP contribution in [0, 0.1) is 5.21 Å². The van der Waals surface area contributed by atoms with Crippen LogP contribution in [0.2, 0.25) is 0 Å². The summed E-state index contributed by atoms with van der Waals surface area (Å²) in [6.45, 7) is 3.62. The average molecular weight is 364 g/mol. The van der Waals surface area contributed by atoms with Crippen LogP contribution < -0.4 is 0 Å². The SMILES string of the molecule is COC(=O)C(=C(C)CBr)C1C2N=C(C)SC2(OC)N1[O-]. The Balaban J connectivity index is 2.40. The number of aliphatic imine (C=N–C) groups is 1. The van der Waals surface area contributed by atoms with Crippen molar-refractivity contribution in [3.8, 4) is 0 Å². The highest BCUT2D eigenvalue weighted by Crippen LogP contribution is 2.54. The van der Waals surface area contributed by atoms with E-state index < -0.39 is 23.1 Å². The van der Waals surface area contributed by atoms with Gasteiger partial charge in [-0.05, 0) is 13.8 Å². The van der Waals surface area contributed by atoms with Crippen molar-refractivity contribution in [3.05, 3.63) is 16.4 Å². The molecule has 112 valence electrons. The fraction of sp³-hybridized carbons (Fsp3) is 0.667. The molecule has 20 heavy (non-hydrogen) atoms. The lowest BCUT2D eigenvalue weighted by Crippen LogP contribution is -2.72. The molecule has 1 fully saturated rings. The zero-order chi connectivity index (χ0) is 15.1. The number of carbonyl (C=O) groups is 1. The first-order valence-electron chi connectivity index (χ1n) is 6.01. The molecule has 0 radical (unpaired) electrons. The second-order valence-electron chi connectivity index (χ2n) is 4.62. The monoisotopic (exact) mass is 363 g/mol. The fourth-order valence-electron chi connectivity index (χ4n) is 2.52. The number of hydrogen-bond donors (Lipinski definition) is 0. The summed E-state index contributed by atoms with van der Waals surface area (Å²) in [5.74, 6) is -0.498. The van der Waals surface area contributed by atoms with Crippen LogP contribution in [0.4, 0.5) is 0 Å². The maximum absolute atomic E-state index is 12.5. The Morgan fingerprint density at radius 2 is 2.25 bits per heavy atom. The maximum atomic E-state index is 12.5. The highest BCUT2D eigenvalue weighted by atomic mass is 79.9. The molecule has 3 atom stereocenters. The summed E-state index contributed by atoms with van der Waals surface area (Å²) in [7, 11) is 2.78. The van der Waals surface area contributed by atoms with E-state index in [-0.39, 0.29) is 0 Å². The summed E-state index contributed by atoms with van der Waals surface area (Å²) < 4.78 is 10.2. The number of esters is 1. The molecule has 0 aliphatic carbocycles. The second kappa shape index (κ2) is 5.76. The molecular formula is C12H16BrN2O4S-. The number of alkyl halides is 1. The van der Waals surface area contributed by atoms with E-state index in [9.17, 15) is 10.0 Å². The van der Waals surface area contributed by atoms with Gasteiger partial charge in [0, 0.05) is 12.4 Å². The quantitative estimate of drug-likeness (QED) is 0.431. The molecule has 0 aromatic heterocycles. The number of hydroxylamine groups is 2. The third-order valence-electron chi connectivity index (χ3n) is 3.50. The van der Waals surface area contributed by atoms with E-state index in [1.165, 1.54) is 26.0 Å². The minimum atomic E-state index is -1.04. The molecule has 2 rings (SSSR count). The molecule has 2 aliphatic rings. The van der Waals surface area contributed by atoms with Gasteiger partial charge in [-0.3, -0.25) is 4.99 Å². The van der Waals surface area contributed by atoms with Gasteiger partial charge < -0.3 is 19.7 Å². The van der Waals surface area contributed by atoms with E-state index in [1.54, 1.807) is 6.92 Å². The zero-order valence-electron chi connectivity index (χ0n) is 11.7. The van der Waals surface area contributed by atoms with Gasteiger partial charge in [-0.15, -0.1) is 0 Å². The molecule has 2 aliphatic heterocycles. The first-order valence-corrected chi connectivity index (χ1v) is 7.95. The summed E-state index contributed by atoms with van der Waals surface area (Å²) in [4.78, 5) is 16.4. The molecular weight excluding hydrogens is 348 g/mol. The van der Waals surface area contributed by atoms with Gasteiger partial charge in [0.2, 0.25) is 0 Å². The first-order chi connectivity index (χ1) is 9.42. The molecule has 0 amide bonds. The van der Waals surface area contributed by atoms with Crippen molar-refractivity contribution in [2.75, 3.05) is 19.5 Å². The van der Waals surface area contributed by atoms with Crippen LogP contribution >= 0.6 is 27.7 Å². The summed E-state index contributed by atoms with van der Waals surface area (Å²) >= 11 is 4.60. The Kier molecular flexibility index (Phi) is 4.60. The number of nitrogens with zero attached hydrogens (tertiary/aromatic N) is 2. The van der Waals surface area contributed by atoms with Crippen LogP contribution in [-0.2, 0) is 14.3 Å². The van der Waals surface area contributed by atoms with Gasteiger partial charge in [0.1, 0.15) is 6.04 Å². The van der Waals surface area contributed by atoms with Crippen molar-refractivity contribution >= 4 is 38.7 Å². The minimum absolute atomic E-state index is 0.358. The average Bonchev–Trinajstić information content (AvgIpc) is 2.76. The summed E-state index contributed by atoms with van der Waals surface area (Å²) in [6.07, 6.45) is 0. The van der Waals surface area contributed by atoms with Gasteiger partial charge in [0.25, 0.3) is 0 Å². The largest absolute Gasteiger partial charge is 0.782 e. The van der Waals surface area contributed by atoms with E-state index in [2.05, 4.69) is 20.9 Å². The van der Waals surface area contributed by atoms with Gasteiger partial charge >= 0.3 is 5.97 Å². The number of hydrogen-bond acceptors (Lipinski definition) is 7. The Morgan fingerprint density at radius 3 is 2.75 bits per heavy atom. The summed E-state index contributed by atoms with van der Waals surface area (Å²) in [6, 6.07) is -1.05. The Hall–Kier alpha value is -0.410. The third-order valence-corrected chi connectivity index (χ3v) is 5.62. The van der Waals surface area contributed by atoms with Crippen LogP contribution in [0.25, 0.3) is 0 Å². The van der Waals surface area contributed by atoms with Crippen LogP contribution in [0.1, 0.15) is 13.8 Å². The molecule has 0 aromatic carbocycles. The molecule has 6 nitrogen and oxygen atoms in total. The number of halogens is 1. The first kappa shape index (κ1) is 16.0. The van der Waals surface area contributed by atoms with Crippen LogP contribution in [0.5, 0.6) is 0 Å². The Morgan fingerprint density at radius 1 is 1.60 bits per heavy atom. The normalized spacial score (nSPS) is 34.0. The molecule has 0 N–H and O–H groups in total. The lowest BCUT2D eigenvalue weighted by atomic mass is 9.87. The number of thioether (sulfide) groups is 1. The summed E-state index contributed by atoms with van der Waals surface area (Å²) in [5.41, 5.74) is 1.12. The number of methoxy groups -OCH3 is 2. The third kappa shape index (κ3) is 2.14. The summed E-state index contributed by atoms with van der Waals surface area (Å²) in [5, 5.41) is 13.5. The second-order valence-corrected chi connectivity index (χ2v) is 6.56. The minimum Gasteiger partial charge on any atom is -0.782 e. The van der Waals surface area contributed by atoms with Gasteiger partial charge in [-0.25, -0.2) is 4.79 Å². The molecule has 0 bridgehead atoms. The maximum Gasteiger partial charge on any atom is 0.335 e. The topological polar surface area (TPSA) is 74.2 Å². The van der Waals surface area contributed by atoms with Gasteiger partial charge in [-0.1, -0.05) is 33.3 Å². The molecule has 0 spiro atoms. The molecule has 0 saturated carbocycles. The van der Waals surface area contributed by atoms with Crippen LogP contribution in [-0.4, -0.2) is 52.8 Å². The van der Waals surface area contributed by atoms with E-state index in [1.807, 2.05) is 6.92 Å². The number of ether oxygens (including phenoxy) is 2. The lowest BCUT2D eigenvalue weighted by molar-refractivity contribution is -0.155. The molecule has 3 unspecified atom stereocenters. The number of fused-ring (bicyclic) bond motifs is 1. The standard InChI is InChI=1S/C12H16BrN2O4S/c1-6(5-13)8(11(16)18-3)9-10-12(19-4,15(9)17)20-7(2)14-10/h9-10H,5H2,1-4H3/q-1. The Labute approximate surface area is 130 Å². The number of allylic oxidation sites excluding steroid dienone is 1. The molecule has 2 heterocycles.